The molecule has 0 unspecified atom stereocenters. The zero-order valence-electron chi connectivity index (χ0n) is 15.4. The van der Waals surface area contributed by atoms with Gasteiger partial charge in [0.15, 0.2) is 0 Å². The van der Waals surface area contributed by atoms with Gasteiger partial charge in [-0.2, -0.15) is 0 Å². The van der Waals surface area contributed by atoms with Crippen molar-refractivity contribution in [1.29, 1.82) is 0 Å². The Morgan fingerprint density at radius 1 is 1.26 bits per heavy atom. The fourth-order valence-electron chi connectivity index (χ4n) is 2.44. The van der Waals surface area contributed by atoms with Crippen molar-refractivity contribution in [3.8, 4) is 5.75 Å². The van der Waals surface area contributed by atoms with Crippen LogP contribution in [0.25, 0.3) is 0 Å². The van der Waals surface area contributed by atoms with E-state index in [-0.39, 0.29) is 42.7 Å². The van der Waals surface area contributed by atoms with Gasteiger partial charge in [0.1, 0.15) is 17.4 Å². The third-order valence-corrected chi connectivity index (χ3v) is 5.39. The van der Waals surface area contributed by atoms with Gasteiger partial charge in [0.05, 0.1) is 17.7 Å². The first-order valence-corrected chi connectivity index (χ1v) is 9.58. The maximum absolute atomic E-state index is 12.3. The topological polar surface area (TPSA) is 77.2 Å². The van der Waals surface area contributed by atoms with Crippen LogP contribution in [0.5, 0.6) is 5.75 Å². The van der Waals surface area contributed by atoms with E-state index in [1.807, 2.05) is 31.4 Å². The highest BCUT2D eigenvalue weighted by molar-refractivity contribution is 7.09. The predicted molar refractivity (Wildman–Crippen MR) is 117 cm³/mol. The molecule has 0 fully saturated rings. The Hall–Kier alpha value is -1.05. The number of nitrogens with zero attached hydrogens (tertiary/aromatic N) is 1. The van der Waals surface area contributed by atoms with Gasteiger partial charge >= 0.3 is 0 Å². The molecule has 1 aromatic heterocycles. The molecule has 0 saturated carbocycles. The zero-order valence-corrected chi connectivity index (χ0v) is 18.6. The van der Waals surface area contributed by atoms with E-state index in [0.29, 0.717) is 18.2 Å². The molecule has 1 heterocycles. The maximum atomic E-state index is 12.3. The Balaban J connectivity index is 0.00000338. The van der Waals surface area contributed by atoms with Crippen LogP contribution in [0.3, 0.4) is 0 Å². The maximum Gasteiger partial charge on any atom is 0.226 e. The Morgan fingerprint density at radius 2 is 1.89 bits per heavy atom. The normalized spacial score (nSPS) is 10.5. The number of carbonyl (C=O) groups excluding carboxylic acids is 1. The lowest BCUT2D eigenvalue weighted by molar-refractivity contribution is -0.122. The number of nitrogens with two attached hydrogens (primary N) is 1. The van der Waals surface area contributed by atoms with Crippen molar-refractivity contribution in [1.82, 2.24) is 10.3 Å². The molecule has 2 aromatic rings. The number of thiazole rings is 1. The summed E-state index contributed by atoms with van der Waals surface area (Å²) < 4.78 is 5.67. The van der Waals surface area contributed by atoms with Crippen LogP contribution in [0.1, 0.15) is 37.4 Å². The molecule has 1 amide bonds. The quantitative estimate of drug-likeness (QED) is 0.589. The van der Waals surface area contributed by atoms with Crippen molar-refractivity contribution < 1.29 is 9.53 Å². The van der Waals surface area contributed by atoms with E-state index >= 15 is 0 Å². The number of carbonyl (C=O) groups is 1. The summed E-state index contributed by atoms with van der Waals surface area (Å²) in [7, 11) is 0. The van der Waals surface area contributed by atoms with Gasteiger partial charge in [-0.15, -0.1) is 36.2 Å². The van der Waals surface area contributed by atoms with Crippen LogP contribution in [-0.4, -0.2) is 23.0 Å². The van der Waals surface area contributed by atoms with E-state index in [1.165, 1.54) is 11.3 Å². The van der Waals surface area contributed by atoms with Crippen LogP contribution < -0.4 is 15.8 Å². The average molecular weight is 455 g/mol. The molecule has 0 spiro atoms. The largest absolute Gasteiger partial charge is 0.486 e. The third kappa shape index (κ3) is 7.84. The van der Waals surface area contributed by atoms with Crippen LogP contribution in [0, 0.1) is 0 Å². The smallest absolute Gasteiger partial charge is 0.226 e. The van der Waals surface area contributed by atoms with Gasteiger partial charge in [-0.25, -0.2) is 4.98 Å². The summed E-state index contributed by atoms with van der Waals surface area (Å²) in [6.07, 6.45) is 1.87. The van der Waals surface area contributed by atoms with Crippen molar-refractivity contribution in [2.75, 3.05) is 6.54 Å². The lowest BCUT2D eigenvalue weighted by Crippen LogP contribution is -2.53. The number of halogens is 3. The van der Waals surface area contributed by atoms with Crippen molar-refractivity contribution >= 4 is 53.7 Å². The molecule has 0 saturated heterocycles. The molecule has 9 heteroatoms. The number of rotatable bonds is 9. The highest BCUT2D eigenvalue weighted by atomic mass is 35.5. The van der Waals surface area contributed by atoms with Crippen molar-refractivity contribution in [2.24, 2.45) is 5.73 Å². The Bertz CT molecular complexity index is 683. The van der Waals surface area contributed by atoms with E-state index < -0.39 is 0 Å². The van der Waals surface area contributed by atoms with Gasteiger partial charge in [0.25, 0.3) is 0 Å². The van der Waals surface area contributed by atoms with Gasteiger partial charge in [0.2, 0.25) is 5.91 Å². The standard InChI is InChI=1S/C18H24ClN3O2S.2ClH/c1-3-18(4-2,12-20)22-16(23)9-14-11-25-17(21-14)10-24-15-7-5-13(19)6-8-15;;/h5-8,11H,3-4,9-10,12,20H2,1-2H3,(H,22,23);2*1H. The summed E-state index contributed by atoms with van der Waals surface area (Å²) in [5.41, 5.74) is 6.25. The molecule has 1 aromatic carbocycles. The molecule has 0 bridgehead atoms. The Morgan fingerprint density at radius 3 is 2.44 bits per heavy atom. The first kappa shape index (κ1) is 26.0. The summed E-state index contributed by atoms with van der Waals surface area (Å²) in [6, 6.07) is 7.18. The summed E-state index contributed by atoms with van der Waals surface area (Å²) >= 11 is 7.33. The summed E-state index contributed by atoms with van der Waals surface area (Å²) in [5.74, 6) is 0.683. The van der Waals surface area contributed by atoms with Crippen LogP contribution in [-0.2, 0) is 17.8 Å². The molecule has 0 aliphatic rings. The van der Waals surface area contributed by atoms with E-state index in [1.54, 1.807) is 12.1 Å². The van der Waals surface area contributed by atoms with Crippen molar-refractivity contribution in [2.45, 2.75) is 45.3 Å². The molecule has 2 rings (SSSR count). The predicted octanol–water partition coefficient (Wildman–Crippen LogP) is 4.40. The second-order valence-corrected chi connectivity index (χ2v) is 7.27. The molecule has 5 nitrogen and oxygen atoms in total. The number of benzene rings is 1. The van der Waals surface area contributed by atoms with Gasteiger partial charge in [0, 0.05) is 16.9 Å². The van der Waals surface area contributed by atoms with E-state index in [9.17, 15) is 4.79 Å². The molecule has 0 atom stereocenters. The molecular weight excluding hydrogens is 429 g/mol. The average Bonchev–Trinajstić information content (AvgIpc) is 3.06. The molecule has 27 heavy (non-hydrogen) atoms. The molecule has 0 aliphatic carbocycles. The lowest BCUT2D eigenvalue weighted by atomic mass is 9.92. The summed E-state index contributed by atoms with van der Waals surface area (Å²) in [4.78, 5) is 16.7. The monoisotopic (exact) mass is 453 g/mol. The molecule has 0 radical (unpaired) electrons. The van der Waals surface area contributed by atoms with Gasteiger partial charge in [-0.05, 0) is 37.1 Å². The van der Waals surface area contributed by atoms with Crippen LogP contribution in [0.4, 0.5) is 0 Å². The SMILES string of the molecule is CCC(CC)(CN)NC(=O)Cc1csc(COc2ccc(Cl)cc2)n1.Cl.Cl. The van der Waals surface area contributed by atoms with E-state index in [4.69, 9.17) is 22.1 Å². The number of hydrogen-bond acceptors (Lipinski definition) is 5. The van der Waals surface area contributed by atoms with E-state index in [0.717, 1.165) is 29.3 Å². The van der Waals surface area contributed by atoms with Crippen molar-refractivity contribution in [3.63, 3.8) is 0 Å². The summed E-state index contributed by atoms with van der Waals surface area (Å²) in [5, 5.41) is 6.45. The number of ether oxygens (including phenoxy) is 1. The minimum absolute atomic E-state index is 0. The number of amides is 1. The summed E-state index contributed by atoms with van der Waals surface area (Å²) in [6.45, 7) is 4.87. The minimum Gasteiger partial charge on any atom is -0.486 e. The number of aromatic nitrogens is 1. The number of nitrogens with one attached hydrogen (secondary N) is 1. The Kier molecular flexibility index (Phi) is 11.9. The van der Waals surface area contributed by atoms with Crippen LogP contribution in [0.2, 0.25) is 5.02 Å². The van der Waals surface area contributed by atoms with Crippen LogP contribution in [0.15, 0.2) is 29.6 Å². The molecule has 0 aliphatic heterocycles. The highest BCUT2D eigenvalue weighted by Gasteiger charge is 2.26. The minimum atomic E-state index is -0.326. The fourth-order valence-corrected chi connectivity index (χ4v) is 3.27. The van der Waals surface area contributed by atoms with Gasteiger partial charge in [-0.3, -0.25) is 4.79 Å². The second kappa shape index (κ2) is 12.4. The van der Waals surface area contributed by atoms with Gasteiger partial charge in [-0.1, -0.05) is 25.4 Å². The van der Waals surface area contributed by atoms with Crippen molar-refractivity contribution in [3.05, 3.63) is 45.4 Å². The molecule has 152 valence electrons. The zero-order chi connectivity index (χ0) is 18.3. The third-order valence-electron chi connectivity index (χ3n) is 4.27. The highest BCUT2D eigenvalue weighted by Crippen LogP contribution is 2.19. The molecule has 3 N–H and O–H groups in total. The Labute approximate surface area is 181 Å². The van der Waals surface area contributed by atoms with Gasteiger partial charge < -0.3 is 15.8 Å². The fraction of sp³-hybridized carbons (Fsp3) is 0.444. The lowest BCUT2D eigenvalue weighted by Gasteiger charge is -2.31. The second-order valence-electron chi connectivity index (χ2n) is 5.89. The first-order chi connectivity index (χ1) is 12.0. The first-order valence-electron chi connectivity index (χ1n) is 8.33. The number of hydrogen-bond donors (Lipinski definition) is 2. The van der Waals surface area contributed by atoms with E-state index in [2.05, 4.69) is 10.3 Å². The van der Waals surface area contributed by atoms with Crippen LogP contribution >= 0.6 is 47.8 Å². The molecular formula is C18H26Cl3N3O2S.